The van der Waals surface area contributed by atoms with E-state index in [1.54, 1.807) is 0 Å². The molecule has 2 rings (SSSR count). The summed E-state index contributed by atoms with van der Waals surface area (Å²) in [6.07, 6.45) is 0. The number of hydrogen-bond acceptors (Lipinski definition) is 3. The predicted molar refractivity (Wildman–Crippen MR) is 65.3 cm³/mol. The van der Waals surface area contributed by atoms with E-state index in [2.05, 4.69) is 20.3 Å². The number of aliphatic imine (C=N–C) groups is 1. The minimum absolute atomic E-state index is 0.103. The van der Waals surface area contributed by atoms with Gasteiger partial charge in [-0.25, -0.2) is 4.98 Å². The van der Waals surface area contributed by atoms with Crippen LogP contribution in [0.3, 0.4) is 0 Å². The monoisotopic (exact) mass is 218 g/mol. The number of nitrogens with two attached hydrogens (primary N) is 2. The summed E-state index contributed by atoms with van der Waals surface area (Å²) in [5.41, 5.74) is 12.4. The smallest absolute Gasteiger partial charge is 0.201 e. The Morgan fingerprint density at radius 3 is 2.94 bits per heavy atom. The number of benzene rings is 1. The summed E-state index contributed by atoms with van der Waals surface area (Å²) in [7, 11) is 0. The molecule has 0 radical (unpaired) electrons. The molecule has 6 heteroatoms. The minimum Gasteiger partial charge on any atom is -0.370 e. The predicted octanol–water partition coefficient (Wildman–Crippen LogP) is 0.248. The summed E-state index contributed by atoms with van der Waals surface area (Å²) in [6.45, 7) is 1.16. The van der Waals surface area contributed by atoms with Gasteiger partial charge in [0.25, 0.3) is 0 Å². The maximum Gasteiger partial charge on any atom is 0.201 e. The van der Waals surface area contributed by atoms with Crippen LogP contribution in [-0.2, 0) is 0 Å². The van der Waals surface area contributed by atoms with Crippen molar-refractivity contribution in [3.63, 3.8) is 0 Å². The molecule has 1 aromatic heterocycles. The molecule has 1 heterocycles. The summed E-state index contributed by atoms with van der Waals surface area (Å²) in [5, 5.41) is 3.10. The van der Waals surface area contributed by atoms with Gasteiger partial charge in [0, 0.05) is 6.54 Å². The summed E-state index contributed by atoms with van der Waals surface area (Å²) < 4.78 is 0. The minimum atomic E-state index is 0.103. The van der Waals surface area contributed by atoms with Gasteiger partial charge in [0.1, 0.15) is 0 Å². The fourth-order valence-corrected chi connectivity index (χ4v) is 1.40. The van der Waals surface area contributed by atoms with E-state index in [9.17, 15) is 0 Å². The number of anilines is 1. The maximum atomic E-state index is 5.21. The maximum absolute atomic E-state index is 5.21. The Morgan fingerprint density at radius 1 is 1.38 bits per heavy atom. The number of guanidine groups is 1. The molecule has 0 aliphatic rings. The Balaban J connectivity index is 1.97. The Hall–Kier alpha value is -2.24. The molecule has 84 valence electrons. The number of hydrogen-bond donors (Lipinski definition) is 4. The standard InChI is InChI=1S/C10H14N6/c11-9(12)13-5-6-14-10-15-7-3-1-2-4-8(7)16-10/h1-4H,5-6H2,(H4,11,12,13)(H2,14,15,16). The normalized spacial score (nSPS) is 10.2. The molecule has 2 aromatic rings. The van der Waals surface area contributed by atoms with Gasteiger partial charge in [-0.2, -0.15) is 0 Å². The number of imidazole rings is 1. The summed E-state index contributed by atoms with van der Waals surface area (Å²) in [4.78, 5) is 11.4. The molecule has 0 spiro atoms. The Labute approximate surface area is 92.8 Å². The lowest BCUT2D eigenvalue weighted by Gasteiger charge is -1.98. The highest BCUT2D eigenvalue weighted by atomic mass is 15.1. The number of rotatable bonds is 4. The van der Waals surface area contributed by atoms with Gasteiger partial charge in [0.05, 0.1) is 17.6 Å². The Bertz CT molecular complexity index is 464. The lowest BCUT2D eigenvalue weighted by atomic mass is 10.3. The van der Waals surface area contributed by atoms with Crippen LogP contribution in [0.15, 0.2) is 29.3 Å². The molecule has 0 bridgehead atoms. The molecule has 0 aliphatic heterocycles. The van der Waals surface area contributed by atoms with Crippen molar-refractivity contribution in [3.8, 4) is 0 Å². The third-order valence-corrected chi connectivity index (χ3v) is 2.09. The lowest BCUT2D eigenvalue weighted by molar-refractivity contribution is 0.997. The van der Waals surface area contributed by atoms with Gasteiger partial charge in [0.15, 0.2) is 5.96 Å². The van der Waals surface area contributed by atoms with E-state index in [1.807, 2.05) is 24.3 Å². The molecule has 1 aromatic carbocycles. The van der Waals surface area contributed by atoms with Crippen molar-refractivity contribution >= 4 is 22.9 Å². The zero-order valence-corrected chi connectivity index (χ0v) is 8.77. The quantitative estimate of drug-likeness (QED) is 0.335. The number of aromatic nitrogens is 2. The van der Waals surface area contributed by atoms with E-state index < -0.39 is 0 Å². The molecule has 6 N–H and O–H groups in total. The van der Waals surface area contributed by atoms with Crippen LogP contribution in [0.2, 0.25) is 0 Å². The molecule has 0 atom stereocenters. The van der Waals surface area contributed by atoms with Crippen LogP contribution >= 0.6 is 0 Å². The van der Waals surface area contributed by atoms with E-state index >= 15 is 0 Å². The molecule has 0 saturated carbocycles. The average molecular weight is 218 g/mol. The molecule has 16 heavy (non-hydrogen) atoms. The molecular weight excluding hydrogens is 204 g/mol. The van der Waals surface area contributed by atoms with Crippen LogP contribution in [0.25, 0.3) is 11.0 Å². The van der Waals surface area contributed by atoms with E-state index in [0.717, 1.165) is 17.0 Å². The number of nitrogens with one attached hydrogen (secondary N) is 2. The number of nitrogens with zero attached hydrogens (tertiary/aromatic N) is 2. The summed E-state index contributed by atoms with van der Waals surface area (Å²) >= 11 is 0. The van der Waals surface area contributed by atoms with Gasteiger partial charge < -0.3 is 21.8 Å². The first kappa shape index (κ1) is 10.3. The van der Waals surface area contributed by atoms with Gasteiger partial charge in [-0.3, -0.25) is 4.99 Å². The van der Waals surface area contributed by atoms with E-state index in [4.69, 9.17) is 11.5 Å². The molecule has 0 aliphatic carbocycles. The van der Waals surface area contributed by atoms with Gasteiger partial charge in [-0.1, -0.05) is 12.1 Å². The van der Waals surface area contributed by atoms with Crippen molar-refractivity contribution in [1.82, 2.24) is 9.97 Å². The number of fused-ring (bicyclic) bond motifs is 1. The average Bonchev–Trinajstić information content (AvgIpc) is 2.66. The fraction of sp³-hybridized carbons (Fsp3) is 0.200. The van der Waals surface area contributed by atoms with E-state index in [-0.39, 0.29) is 5.96 Å². The molecule has 0 saturated heterocycles. The number of para-hydroxylation sites is 2. The van der Waals surface area contributed by atoms with Crippen molar-refractivity contribution in [2.24, 2.45) is 16.5 Å². The first-order chi connectivity index (χ1) is 7.75. The second-order valence-corrected chi connectivity index (χ2v) is 3.34. The SMILES string of the molecule is NC(N)=NCCNc1nc2ccccc2[nH]1. The fourth-order valence-electron chi connectivity index (χ4n) is 1.40. The summed E-state index contributed by atoms with van der Waals surface area (Å²) in [5.74, 6) is 0.832. The van der Waals surface area contributed by atoms with Crippen LogP contribution < -0.4 is 16.8 Å². The van der Waals surface area contributed by atoms with Crippen LogP contribution in [-0.4, -0.2) is 29.0 Å². The molecule has 6 nitrogen and oxygen atoms in total. The highest BCUT2D eigenvalue weighted by molar-refractivity contribution is 5.77. The highest BCUT2D eigenvalue weighted by Crippen LogP contribution is 2.12. The van der Waals surface area contributed by atoms with Crippen LogP contribution in [0.4, 0.5) is 5.95 Å². The van der Waals surface area contributed by atoms with Crippen molar-refractivity contribution < 1.29 is 0 Å². The molecule has 0 fully saturated rings. The highest BCUT2D eigenvalue weighted by Gasteiger charge is 1.99. The first-order valence-electron chi connectivity index (χ1n) is 5.00. The Morgan fingerprint density at radius 2 is 2.19 bits per heavy atom. The Kier molecular flexibility index (Phi) is 2.90. The van der Waals surface area contributed by atoms with Crippen molar-refractivity contribution in [1.29, 1.82) is 0 Å². The molecule has 0 unspecified atom stereocenters. The number of aromatic amines is 1. The van der Waals surface area contributed by atoms with Crippen LogP contribution in [0.1, 0.15) is 0 Å². The zero-order chi connectivity index (χ0) is 11.4. The van der Waals surface area contributed by atoms with E-state index in [0.29, 0.717) is 13.1 Å². The topological polar surface area (TPSA) is 105 Å². The number of H-pyrrole nitrogens is 1. The second-order valence-electron chi connectivity index (χ2n) is 3.34. The van der Waals surface area contributed by atoms with Crippen molar-refractivity contribution in [2.75, 3.05) is 18.4 Å². The van der Waals surface area contributed by atoms with Gasteiger partial charge in [-0.05, 0) is 12.1 Å². The van der Waals surface area contributed by atoms with Gasteiger partial charge in [-0.15, -0.1) is 0 Å². The zero-order valence-electron chi connectivity index (χ0n) is 8.77. The van der Waals surface area contributed by atoms with Crippen LogP contribution in [0, 0.1) is 0 Å². The largest absolute Gasteiger partial charge is 0.370 e. The van der Waals surface area contributed by atoms with Gasteiger partial charge >= 0.3 is 0 Å². The first-order valence-corrected chi connectivity index (χ1v) is 5.00. The van der Waals surface area contributed by atoms with Crippen molar-refractivity contribution in [3.05, 3.63) is 24.3 Å². The van der Waals surface area contributed by atoms with Gasteiger partial charge in [0.2, 0.25) is 5.95 Å². The van der Waals surface area contributed by atoms with E-state index in [1.165, 1.54) is 0 Å². The summed E-state index contributed by atoms with van der Waals surface area (Å²) in [6, 6.07) is 7.84. The molecular formula is C10H14N6. The molecule has 0 amide bonds. The lowest BCUT2D eigenvalue weighted by Crippen LogP contribution is -2.24. The third-order valence-electron chi connectivity index (χ3n) is 2.09. The third kappa shape index (κ3) is 2.41. The second kappa shape index (κ2) is 4.52. The van der Waals surface area contributed by atoms with Crippen molar-refractivity contribution in [2.45, 2.75) is 0 Å². The van der Waals surface area contributed by atoms with Crippen LogP contribution in [0.5, 0.6) is 0 Å².